The van der Waals surface area contributed by atoms with Crippen molar-refractivity contribution in [3.63, 3.8) is 0 Å². The lowest BCUT2D eigenvalue weighted by molar-refractivity contribution is 0.0647. The molecule has 0 fully saturated rings. The number of carbonyl (C=O) groups excluding carboxylic acids is 2. The topological polar surface area (TPSA) is 71.0 Å². The first kappa shape index (κ1) is 19.4. The van der Waals surface area contributed by atoms with Crippen molar-refractivity contribution in [3.05, 3.63) is 95.6 Å². The van der Waals surface area contributed by atoms with E-state index in [1.54, 1.807) is 30.5 Å². The third-order valence-corrected chi connectivity index (χ3v) is 4.73. The SMILES string of the molecule is O=C1c2ccccc2C(=O)N1CCCOc1ccc(C=NNc2ccccc2)cc1. The number of benzene rings is 3. The smallest absolute Gasteiger partial charge is 0.261 e. The highest BCUT2D eigenvalue weighted by Gasteiger charge is 2.34. The van der Waals surface area contributed by atoms with Gasteiger partial charge in [-0.15, -0.1) is 0 Å². The zero-order valence-electron chi connectivity index (χ0n) is 16.3. The Morgan fingerprint density at radius 2 is 1.47 bits per heavy atom. The lowest BCUT2D eigenvalue weighted by Gasteiger charge is -2.14. The van der Waals surface area contributed by atoms with Crippen molar-refractivity contribution in [1.82, 2.24) is 4.90 Å². The third-order valence-electron chi connectivity index (χ3n) is 4.73. The minimum Gasteiger partial charge on any atom is -0.494 e. The molecule has 1 heterocycles. The van der Waals surface area contributed by atoms with Crippen LogP contribution in [0.3, 0.4) is 0 Å². The van der Waals surface area contributed by atoms with Crippen molar-refractivity contribution < 1.29 is 14.3 Å². The second-order valence-corrected chi connectivity index (χ2v) is 6.81. The van der Waals surface area contributed by atoms with Crippen LogP contribution in [0.4, 0.5) is 5.69 Å². The van der Waals surface area contributed by atoms with Crippen LogP contribution in [-0.4, -0.2) is 36.1 Å². The fourth-order valence-electron chi connectivity index (χ4n) is 3.20. The molecular formula is C24H21N3O3. The maximum absolute atomic E-state index is 12.3. The number of fused-ring (bicyclic) bond motifs is 1. The first-order valence-corrected chi connectivity index (χ1v) is 9.74. The molecule has 0 radical (unpaired) electrons. The van der Waals surface area contributed by atoms with Gasteiger partial charge in [-0.1, -0.05) is 30.3 Å². The molecule has 3 aromatic carbocycles. The van der Waals surface area contributed by atoms with Gasteiger partial charge >= 0.3 is 0 Å². The van der Waals surface area contributed by atoms with Crippen molar-refractivity contribution in [2.24, 2.45) is 5.10 Å². The molecule has 0 atom stereocenters. The number of anilines is 1. The second-order valence-electron chi connectivity index (χ2n) is 6.81. The number of amides is 2. The van der Waals surface area contributed by atoms with Gasteiger partial charge in [-0.05, 0) is 60.5 Å². The quantitative estimate of drug-likeness (QED) is 0.267. The summed E-state index contributed by atoms with van der Waals surface area (Å²) >= 11 is 0. The van der Waals surface area contributed by atoms with Gasteiger partial charge in [0.05, 0.1) is 29.6 Å². The molecule has 0 unspecified atom stereocenters. The lowest BCUT2D eigenvalue weighted by Crippen LogP contribution is -2.31. The summed E-state index contributed by atoms with van der Waals surface area (Å²) in [6, 6.07) is 24.2. The van der Waals surface area contributed by atoms with Crippen LogP contribution in [0, 0.1) is 0 Å². The first-order valence-electron chi connectivity index (χ1n) is 9.74. The van der Waals surface area contributed by atoms with Gasteiger partial charge in [-0.3, -0.25) is 19.9 Å². The number of imide groups is 1. The molecule has 30 heavy (non-hydrogen) atoms. The Labute approximate surface area is 174 Å². The van der Waals surface area contributed by atoms with Crippen molar-refractivity contribution in [3.8, 4) is 5.75 Å². The number of nitrogens with one attached hydrogen (secondary N) is 1. The average Bonchev–Trinajstić information content (AvgIpc) is 3.03. The van der Waals surface area contributed by atoms with E-state index in [0.29, 0.717) is 30.7 Å². The summed E-state index contributed by atoms with van der Waals surface area (Å²) in [6.07, 6.45) is 2.30. The van der Waals surface area contributed by atoms with Crippen LogP contribution in [0.1, 0.15) is 32.7 Å². The van der Waals surface area contributed by atoms with Crippen LogP contribution in [0.5, 0.6) is 5.75 Å². The van der Waals surface area contributed by atoms with Crippen molar-refractivity contribution >= 4 is 23.7 Å². The third kappa shape index (κ3) is 4.38. The van der Waals surface area contributed by atoms with Gasteiger partial charge in [-0.25, -0.2) is 0 Å². The summed E-state index contributed by atoms with van der Waals surface area (Å²) in [6.45, 7) is 0.749. The number of hydrogen-bond donors (Lipinski definition) is 1. The van der Waals surface area contributed by atoms with Crippen LogP contribution >= 0.6 is 0 Å². The normalized spacial score (nSPS) is 13.0. The highest BCUT2D eigenvalue weighted by molar-refractivity contribution is 6.21. The van der Waals surface area contributed by atoms with Crippen LogP contribution in [0.15, 0.2) is 84.0 Å². The predicted octanol–water partition coefficient (Wildman–Crippen LogP) is 4.20. The molecule has 0 spiro atoms. The molecule has 6 nitrogen and oxygen atoms in total. The molecule has 4 rings (SSSR count). The minimum atomic E-state index is -0.233. The summed E-state index contributed by atoms with van der Waals surface area (Å²) in [5.41, 5.74) is 5.78. The Morgan fingerprint density at radius 3 is 2.13 bits per heavy atom. The summed E-state index contributed by atoms with van der Waals surface area (Å²) < 4.78 is 5.73. The zero-order valence-corrected chi connectivity index (χ0v) is 16.3. The number of rotatable bonds is 8. The van der Waals surface area contributed by atoms with E-state index in [4.69, 9.17) is 4.74 Å². The fourth-order valence-corrected chi connectivity index (χ4v) is 3.20. The van der Waals surface area contributed by atoms with E-state index in [9.17, 15) is 9.59 Å². The summed E-state index contributed by atoms with van der Waals surface area (Å²) in [5, 5.41) is 4.21. The number of nitrogens with zero attached hydrogens (tertiary/aromatic N) is 2. The Kier molecular flexibility index (Phi) is 5.85. The Balaban J connectivity index is 1.22. The van der Waals surface area contributed by atoms with E-state index < -0.39 is 0 Å². The maximum atomic E-state index is 12.3. The Bertz CT molecular complexity index is 1030. The molecule has 1 aliphatic heterocycles. The molecule has 1 N–H and O–H groups in total. The average molecular weight is 399 g/mol. The largest absolute Gasteiger partial charge is 0.494 e. The number of carbonyl (C=O) groups is 2. The van der Waals surface area contributed by atoms with Gasteiger partial charge in [0, 0.05) is 6.54 Å². The van der Waals surface area contributed by atoms with Gasteiger partial charge in [-0.2, -0.15) is 5.10 Å². The highest BCUT2D eigenvalue weighted by Crippen LogP contribution is 2.22. The zero-order chi connectivity index (χ0) is 20.8. The van der Waals surface area contributed by atoms with E-state index in [1.807, 2.05) is 54.6 Å². The van der Waals surface area contributed by atoms with Gasteiger partial charge in [0.15, 0.2) is 0 Å². The standard InChI is InChI=1S/C24H21N3O3/c28-23-21-9-4-5-10-22(21)24(29)27(23)15-6-16-30-20-13-11-18(12-14-20)17-25-26-19-7-2-1-3-8-19/h1-5,7-14,17,26H,6,15-16H2. The van der Waals surface area contributed by atoms with E-state index in [1.165, 1.54) is 4.90 Å². The maximum Gasteiger partial charge on any atom is 0.261 e. The Hall–Kier alpha value is -3.93. The molecule has 0 aliphatic carbocycles. The monoisotopic (exact) mass is 399 g/mol. The van der Waals surface area contributed by atoms with Crippen molar-refractivity contribution in [1.29, 1.82) is 0 Å². The first-order chi connectivity index (χ1) is 14.7. The van der Waals surface area contributed by atoms with E-state index in [0.717, 1.165) is 17.0 Å². The molecule has 1 aliphatic rings. The molecule has 2 amide bonds. The highest BCUT2D eigenvalue weighted by atomic mass is 16.5. The summed E-state index contributed by atoms with van der Waals surface area (Å²) in [4.78, 5) is 26.0. The molecule has 0 saturated heterocycles. The second kappa shape index (κ2) is 9.05. The molecule has 3 aromatic rings. The number of hydrazone groups is 1. The van der Waals surface area contributed by atoms with Crippen LogP contribution in [0.25, 0.3) is 0 Å². The summed E-state index contributed by atoms with van der Waals surface area (Å²) in [5.74, 6) is 0.261. The molecule has 6 heteroatoms. The molecule has 150 valence electrons. The van der Waals surface area contributed by atoms with E-state index in [-0.39, 0.29) is 11.8 Å². The molecular weight excluding hydrogens is 378 g/mol. The van der Waals surface area contributed by atoms with Gasteiger partial charge in [0.1, 0.15) is 5.75 Å². The summed E-state index contributed by atoms with van der Waals surface area (Å²) in [7, 11) is 0. The van der Waals surface area contributed by atoms with Gasteiger partial charge < -0.3 is 4.74 Å². The van der Waals surface area contributed by atoms with E-state index >= 15 is 0 Å². The van der Waals surface area contributed by atoms with Gasteiger partial charge in [0.2, 0.25) is 0 Å². The van der Waals surface area contributed by atoms with E-state index in [2.05, 4.69) is 10.5 Å². The molecule has 0 saturated carbocycles. The van der Waals surface area contributed by atoms with Crippen LogP contribution in [-0.2, 0) is 0 Å². The van der Waals surface area contributed by atoms with Gasteiger partial charge in [0.25, 0.3) is 11.8 Å². The Morgan fingerprint density at radius 1 is 0.833 bits per heavy atom. The number of para-hydroxylation sites is 1. The number of ether oxygens (including phenoxy) is 1. The van der Waals surface area contributed by atoms with Crippen LogP contribution < -0.4 is 10.2 Å². The van der Waals surface area contributed by atoms with Crippen molar-refractivity contribution in [2.75, 3.05) is 18.6 Å². The number of hydrogen-bond acceptors (Lipinski definition) is 5. The molecule has 0 aromatic heterocycles. The predicted molar refractivity (Wildman–Crippen MR) is 116 cm³/mol. The van der Waals surface area contributed by atoms with Crippen molar-refractivity contribution in [2.45, 2.75) is 6.42 Å². The minimum absolute atomic E-state index is 0.233. The lowest BCUT2D eigenvalue weighted by atomic mass is 10.1. The fraction of sp³-hybridized carbons (Fsp3) is 0.125. The molecule has 0 bridgehead atoms. The van der Waals surface area contributed by atoms with Crippen LogP contribution in [0.2, 0.25) is 0 Å².